The van der Waals surface area contributed by atoms with Crippen LogP contribution in [0.25, 0.3) is 0 Å². The molecule has 0 aromatic heterocycles. The lowest BCUT2D eigenvalue weighted by molar-refractivity contribution is 0.686. The second kappa shape index (κ2) is 4.50. The number of hydrogen-bond donors (Lipinski definition) is 1. The highest BCUT2D eigenvalue weighted by atomic mass is 14.9. The molecule has 1 aliphatic rings. The molecule has 0 fully saturated rings. The predicted octanol–water partition coefficient (Wildman–Crippen LogP) is 3.39. The summed E-state index contributed by atoms with van der Waals surface area (Å²) in [7, 11) is 0. The number of fused-ring (bicyclic) bond motifs is 1. The first-order valence-corrected chi connectivity index (χ1v) is 5.76. The zero-order valence-electron chi connectivity index (χ0n) is 8.97. The van der Waals surface area contributed by atoms with Crippen LogP contribution in [0, 0.1) is 0 Å². The fourth-order valence-electron chi connectivity index (χ4n) is 2.21. The lowest BCUT2D eigenvalue weighted by Gasteiger charge is -2.19. The van der Waals surface area contributed by atoms with Crippen molar-refractivity contribution in [2.45, 2.75) is 39.0 Å². The summed E-state index contributed by atoms with van der Waals surface area (Å²) in [6, 6.07) is 6.69. The van der Waals surface area contributed by atoms with Crippen LogP contribution in [0.1, 0.15) is 37.3 Å². The minimum absolute atomic E-state index is 1.09. The van der Waals surface area contributed by atoms with Gasteiger partial charge in [-0.2, -0.15) is 0 Å². The van der Waals surface area contributed by atoms with Gasteiger partial charge in [-0.05, 0) is 49.3 Å². The van der Waals surface area contributed by atoms with Crippen molar-refractivity contribution >= 4 is 5.69 Å². The number of rotatable bonds is 3. The zero-order valence-corrected chi connectivity index (χ0v) is 8.97. The van der Waals surface area contributed by atoms with E-state index in [1.54, 1.807) is 11.1 Å². The summed E-state index contributed by atoms with van der Waals surface area (Å²) >= 11 is 0. The summed E-state index contributed by atoms with van der Waals surface area (Å²) in [6.07, 6.45) is 6.46. The molecule has 0 amide bonds. The van der Waals surface area contributed by atoms with E-state index in [1.807, 2.05) is 0 Å². The maximum absolute atomic E-state index is 3.52. The average Bonchev–Trinajstić information content (AvgIpc) is 2.26. The lowest BCUT2D eigenvalue weighted by Crippen LogP contribution is -2.08. The van der Waals surface area contributed by atoms with Crippen molar-refractivity contribution < 1.29 is 0 Å². The molecule has 1 aromatic rings. The van der Waals surface area contributed by atoms with Gasteiger partial charge in [-0.25, -0.2) is 0 Å². The van der Waals surface area contributed by atoms with E-state index in [1.165, 1.54) is 37.8 Å². The topological polar surface area (TPSA) is 12.0 Å². The van der Waals surface area contributed by atoms with Gasteiger partial charge in [-0.1, -0.05) is 19.1 Å². The number of anilines is 1. The zero-order chi connectivity index (χ0) is 9.80. The Morgan fingerprint density at radius 3 is 2.93 bits per heavy atom. The van der Waals surface area contributed by atoms with Crippen molar-refractivity contribution in [2.75, 3.05) is 11.9 Å². The molecule has 0 atom stereocenters. The Bertz CT molecular complexity index is 304. The number of benzene rings is 1. The monoisotopic (exact) mass is 189 g/mol. The van der Waals surface area contributed by atoms with Crippen LogP contribution >= 0.6 is 0 Å². The van der Waals surface area contributed by atoms with Crippen LogP contribution < -0.4 is 5.32 Å². The maximum Gasteiger partial charge on any atom is 0.0375 e. The van der Waals surface area contributed by atoms with Gasteiger partial charge in [-0.3, -0.25) is 0 Å². The van der Waals surface area contributed by atoms with E-state index in [2.05, 4.69) is 30.4 Å². The van der Waals surface area contributed by atoms with Crippen molar-refractivity contribution in [3.8, 4) is 0 Å². The van der Waals surface area contributed by atoms with E-state index in [0.717, 1.165) is 6.54 Å². The van der Waals surface area contributed by atoms with E-state index in [9.17, 15) is 0 Å². The third kappa shape index (κ3) is 1.92. The SMILES string of the molecule is CCCNc1cccc2c1CCCC2. The van der Waals surface area contributed by atoms with Crippen LogP contribution in [-0.2, 0) is 12.8 Å². The van der Waals surface area contributed by atoms with Gasteiger partial charge in [0.25, 0.3) is 0 Å². The van der Waals surface area contributed by atoms with E-state index in [-0.39, 0.29) is 0 Å². The molecule has 0 bridgehead atoms. The van der Waals surface area contributed by atoms with Gasteiger partial charge in [-0.15, -0.1) is 0 Å². The van der Waals surface area contributed by atoms with Crippen molar-refractivity contribution in [1.82, 2.24) is 0 Å². The molecule has 1 heteroatoms. The third-order valence-corrected chi connectivity index (χ3v) is 2.96. The highest BCUT2D eigenvalue weighted by Crippen LogP contribution is 2.27. The summed E-state index contributed by atoms with van der Waals surface area (Å²) in [5.41, 5.74) is 4.52. The van der Waals surface area contributed by atoms with E-state index >= 15 is 0 Å². The van der Waals surface area contributed by atoms with Gasteiger partial charge in [0.05, 0.1) is 0 Å². The normalized spacial score (nSPS) is 14.9. The molecule has 2 rings (SSSR count). The minimum Gasteiger partial charge on any atom is -0.385 e. The highest BCUT2D eigenvalue weighted by molar-refractivity contribution is 5.55. The molecule has 0 spiro atoms. The lowest BCUT2D eigenvalue weighted by atomic mass is 9.90. The molecule has 0 heterocycles. The predicted molar refractivity (Wildman–Crippen MR) is 61.9 cm³/mol. The Morgan fingerprint density at radius 1 is 1.21 bits per heavy atom. The molecular formula is C13H19N. The van der Waals surface area contributed by atoms with Gasteiger partial charge in [0, 0.05) is 12.2 Å². The number of aryl methyl sites for hydroxylation is 1. The smallest absolute Gasteiger partial charge is 0.0375 e. The Hall–Kier alpha value is -0.980. The molecule has 0 aliphatic heterocycles. The van der Waals surface area contributed by atoms with Gasteiger partial charge < -0.3 is 5.32 Å². The van der Waals surface area contributed by atoms with Gasteiger partial charge in [0.2, 0.25) is 0 Å². The first-order chi connectivity index (χ1) is 6.92. The van der Waals surface area contributed by atoms with Crippen molar-refractivity contribution in [3.63, 3.8) is 0 Å². The molecular weight excluding hydrogens is 170 g/mol. The van der Waals surface area contributed by atoms with Crippen LogP contribution in [0.5, 0.6) is 0 Å². The maximum atomic E-state index is 3.52. The first kappa shape index (κ1) is 9.57. The van der Waals surface area contributed by atoms with Crippen LogP contribution in [0.4, 0.5) is 5.69 Å². The Morgan fingerprint density at radius 2 is 2.07 bits per heavy atom. The Labute approximate surface area is 86.5 Å². The van der Waals surface area contributed by atoms with Crippen LogP contribution in [-0.4, -0.2) is 6.54 Å². The molecule has 14 heavy (non-hydrogen) atoms. The average molecular weight is 189 g/mol. The van der Waals surface area contributed by atoms with Gasteiger partial charge in [0.15, 0.2) is 0 Å². The summed E-state index contributed by atoms with van der Waals surface area (Å²) in [4.78, 5) is 0. The third-order valence-electron chi connectivity index (χ3n) is 2.96. The van der Waals surface area contributed by atoms with Crippen molar-refractivity contribution in [2.24, 2.45) is 0 Å². The van der Waals surface area contributed by atoms with Crippen molar-refractivity contribution in [1.29, 1.82) is 0 Å². The molecule has 0 unspecified atom stereocenters. The molecule has 0 saturated carbocycles. The standard InChI is InChI=1S/C13H19N/c1-2-10-14-13-9-5-7-11-6-3-4-8-12(11)13/h5,7,9,14H,2-4,6,8,10H2,1H3. The fraction of sp³-hybridized carbons (Fsp3) is 0.538. The molecule has 0 saturated heterocycles. The van der Waals surface area contributed by atoms with Gasteiger partial charge in [0.1, 0.15) is 0 Å². The van der Waals surface area contributed by atoms with E-state index in [0.29, 0.717) is 0 Å². The minimum atomic E-state index is 1.09. The summed E-state index contributed by atoms with van der Waals surface area (Å²) in [5, 5.41) is 3.52. The number of hydrogen-bond acceptors (Lipinski definition) is 1. The second-order valence-electron chi connectivity index (χ2n) is 4.08. The molecule has 1 N–H and O–H groups in total. The number of nitrogens with one attached hydrogen (secondary N) is 1. The Kier molecular flexibility index (Phi) is 3.07. The quantitative estimate of drug-likeness (QED) is 0.768. The molecule has 1 aliphatic carbocycles. The van der Waals surface area contributed by atoms with Crippen molar-refractivity contribution in [3.05, 3.63) is 29.3 Å². The molecule has 1 nitrogen and oxygen atoms in total. The Balaban J connectivity index is 2.21. The molecule has 1 aromatic carbocycles. The fourth-order valence-corrected chi connectivity index (χ4v) is 2.21. The van der Waals surface area contributed by atoms with Crippen LogP contribution in [0.2, 0.25) is 0 Å². The second-order valence-corrected chi connectivity index (χ2v) is 4.08. The highest BCUT2D eigenvalue weighted by Gasteiger charge is 2.11. The van der Waals surface area contributed by atoms with Crippen LogP contribution in [0.15, 0.2) is 18.2 Å². The summed E-state index contributed by atoms with van der Waals surface area (Å²) in [6.45, 7) is 3.30. The van der Waals surface area contributed by atoms with E-state index in [4.69, 9.17) is 0 Å². The first-order valence-electron chi connectivity index (χ1n) is 5.76. The summed E-state index contributed by atoms with van der Waals surface area (Å²) in [5.74, 6) is 0. The van der Waals surface area contributed by atoms with Crippen LogP contribution in [0.3, 0.4) is 0 Å². The largest absolute Gasteiger partial charge is 0.385 e. The molecule has 76 valence electrons. The van der Waals surface area contributed by atoms with E-state index < -0.39 is 0 Å². The molecule has 0 radical (unpaired) electrons. The van der Waals surface area contributed by atoms with Gasteiger partial charge >= 0.3 is 0 Å². The summed E-state index contributed by atoms with van der Waals surface area (Å²) < 4.78 is 0.